The predicted molar refractivity (Wildman–Crippen MR) is 77.3 cm³/mol. The molecule has 0 aliphatic carbocycles. The second-order valence-electron chi connectivity index (χ2n) is 5.47. The normalized spacial score (nSPS) is 21.0. The smallest absolute Gasteiger partial charge is 0.322 e. The summed E-state index contributed by atoms with van der Waals surface area (Å²) in [6, 6.07) is -0.546. The van der Waals surface area contributed by atoms with Gasteiger partial charge in [-0.1, -0.05) is 0 Å². The van der Waals surface area contributed by atoms with Gasteiger partial charge in [-0.3, -0.25) is 0 Å². The van der Waals surface area contributed by atoms with Crippen LogP contribution >= 0.6 is 0 Å². The van der Waals surface area contributed by atoms with Gasteiger partial charge in [0, 0.05) is 39.1 Å². The van der Waals surface area contributed by atoms with Crippen LogP contribution in [0.3, 0.4) is 0 Å². The zero-order chi connectivity index (χ0) is 15.6. The van der Waals surface area contributed by atoms with E-state index >= 15 is 0 Å². The molecule has 2 saturated heterocycles. The summed E-state index contributed by atoms with van der Waals surface area (Å²) in [6.45, 7) is 2.93. The fourth-order valence-electron chi connectivity index (χ4n) is 2.53. The average molecular weight is 312 g/mol. The number of halogens is 2. The van der Waals surface area contributed by atoms with Crippen LogP contribution in [0.4, 0.5) is 25.2 Å². The van der Waals surface area contributed by atoms with Gasteiger partial charge in [-0.2, -0.15) is 0 Å². The lowest BCUT2D eigenvalue weighted by Gasteiger charge is -2.27. The molecule has 1 aromatic rings. The monoisotopic (exact) mass is 312 g/mol. The van der Waals surface area contributed by atoms with Gasteiger partial charge in [-0.15, -0.1) is 0 Å². The fourth-order valence-corrected chi connectivity index (χ4v) is 2.53. The first kappa shape index (κ1) is 14.9. The first-order valence-corrected chi connectivity index (χ1v) is 7.25. The number of hydrogen-bond acceptors (Lipinski definition) is 5. The van der Waals surface area contributed by atoms with Gasteiger partial charge in [0.1, 0.15) is 0 Å². The number of hydrogen-bond donors (Lipinski definition) is 2. The number of aromatic nitrogens is 2. The van der Waals surface area contributed by atoms with Crippen LogP contribution in [0.2, 0.25) is 0 Å². The number of amides is 2. The van der Waals surface area contributed by atoms with E-state index in [-0.39, 0.29) is 13.0 Å². The van der Waals surface area contributed by atoms with E-state index in [1.807, 2.05) is 4.90 Å². The molecule has 2 aliphatic rings. The average Bonchev–Trinajstić information content (AvgIpc) is 2.89. The highest BCUT2D eigenvalue weighted by molar-refractivity contribution is 5.89. The fraction of sp³-hybridized carbons (Fsp3) is 0.615. The maximum Gasteiger partial charge on any atom is 0.322 e. The molecular weight excluding hydrogens is 294 g/mol. The van der Waals surface area contributed by atoms with Crippen molar-refractivity contribution in [3.05, 3.63) is 12.4 Å². The minimum atomic E-state index is -2.79. The summed E-state index contributed by atoms with van der Waals surface area (Å²) < 4.78 is 26.2. The van der Waals surface area contributed by atoms with E-state index in [0.717, 1.165) is 31.1 Å². The Morgan fingerprint density at radius 1 is 1.23 bits per heavy atom. The topological polar surface area (TPSA) is 73.4 Å². The van der Waals surface area contributed by atoms with Crippen molar-refractivity contribution in [2.45, 2.75) is 12.3 Å². The van der Waals surface area contributed by atoms with Crippen LogP contribution in [0.25, 0.3) is 0 Å². The van der Waals surface area contributed by atoms with Gasteiger partial charge in [0.05, 0.1) is 24.6 Å². The van der Waals surface area contributed by atoms with Crippen LogP contribution in [0, 0.1) is 0 Å². The van der Waals surface area contributed by atoms with Crippen molar-refractivity contribution >= 4 is 17.7 Å². The number of alkyl halides is 2. The molecule has 2 fully saturated rings. The molecule has 0 radical (unpaired) electrons. The van der Waals surface area contributed by atoms with E-state index in [1.165, 1.54) is 12.4 Å². The van der Waals surface area contributed by atoms with Crippen molar-refractivity contribution in [1.82, 2.24) is 20.2 Å². The summed E-state index contributed by atoms with van der Waals surface area (Å²) in [6.07, 6.45) is 2.70. The highest BCUT2D eigenvalue weighted by atomic mass is 19.3. The number of piperazine rings is 1. The maximum absolute atomic E-state index is 13.1. The van der Waals surface area contributed by atoms with Gasteiger partial charge in [-0.05, 0) is 0 Å². The van der Waals surface area contributed by atoms with E-state index in [1.54, 1.807) is 0 Å². The van der Waals surface area contributed by atoms with Crippen LogP contribution in [-0.2, 0) is 0 Å². The van der Waals surface area contributed by atoms with Gasteiger partial charge in [0.25, 0.3) is 5.92 Å². The van der Waals surface area contributed by atoms with E-state index < -0.39 is 18.5 Å². The van der Waals surface area contributed by atoms with Crippen molar-refractivity contribution in [2.24, 2.45) is 0 Å². The van der Waals surface area contributed by atoms with E-state index in [0.29, 0.717) is 11.6 Å². The highest BCUT2D eigenvalue weighted by Gasteiger charge is 2.40. The second kappa shape index (κ2) is 5.99. The Hall–Kier alpha value is -2.03. The molecule has 2 aliphatic heterocycles. The molecule has 3 rings (SSSR count). The van der Waals surface area contributed by atoms with Crippen molar-refractivity contribution in [3.63, 3.8) is 0 Å². The first-order chi connectivity index (χ1) is 10.5. The zero-order valence-electron chi connectivity index (χ0n) is 12.1. The Kier molecular flexibility index (Phi) is 4.06. The molecule has 120 valence electrons. The van der Waals surface area contributed by atoms with Gasteiger partial charge in [0.15, 0.2) is 0 Å². The van der Waals surface area contributed by atoms with E-state index in [2.05, 4.69) is 20.6 Å². The van der Waals surface area contributed by atoms with Crippen LogP contribution in [-0.4, -0.2) is 66.1 Å². The minimum absolute atomic E-state index is 0.0541. The SMILES string of the molecule is O=C(Nc1cnc(N2CCNCC2)nc1)N1CCC(F)(F)C1. The summed E-state index contributed by atoms with van der Waals surface area (Å²) >= 11 is 0. The number of carbonyl (C=O) groups excluding carboxylic acids is 1. The number of rotatable bonds is 2. The highest BCUT2D eigenvalue weighted by Crippen LogP contribution is 2.27. The van der Waals surface area contributed by atoms with Gasteiger partial charge in [0.2, 0.25) is 5.95 Å². The summed E-state index contributed by atoms with van der Waals surface area (Å²) in [5.41, 5.74) is 0.402. The molecule has 0 aromatic carbocycles. The Labute approximate surface area is 126 Å². The van der Waals surface area contributed by atoms with Crippen molar-refractivity contribution in [1.29, 1.82) is 0 Å². The maximum atomic E-state index is 13.1. The Balaban J connectivity index is 1.58. The molecule has 0 saturated carbocycles. The Morgan fingerprint density at radius 2 is 1.91 bits per heavy atom. The standard InChI is InChI=1S/C13H18F2N6O/c14-13(15)1-4-21(9-13)12(22)19-10-7-17-11(18-8-10)20-5-2-16-3-6-20/h7-8,16H,1-6,9H2,(H,19,22). The van der Waals surface area contributed by atoms with Gasteiger partial charge < -0.3 is 20.4 Å². The first-order valence-electron chi connectivity index (χ1n) is 7.25. The molecule has 0 bridgehead atoms. The largest absolute Gasteiger partial charge is 0.338 e. The number of urea groups is 1. The molecule has 2 amide bonds. The molecule has 2 N–H and O–H groups in total. The van der Waals surface area contributed by atoms with Gasteiger partial charge in [-0.25, -0.2) is 23.5 Å². The molecule has 9 heteroatoms. The summed E-state index contributed by atoms with van der Waals surface area (Å²) in [5.74, 6) is -2.19. The number of likely N-dealkylation sites (tertiary alicyclic amines) is 1. The molecule has 3 heterocycles. The van der Waals surface area contributed by atoms with E-state index in [4.69, 9.17) is 0 Å². The molecule has 0 unspecified atom stereocenters. The molecule has 7 nitrogen and oxygen atoms in total. The Bertz CT molecular complexity index is 532. The Morgan fingerprint density at radius 3 is 2.50 bits per heavy atom. The van der Waals surface area contributed by atoms with Crippen molar-refractivity contribution < 1.29 is 13.6 Å². The molecular formula is C13H18F2N6O. The lowest BCUT2D eigenvalue weighted by molar-refractivity contribution is 0.0159. The quantitative estimate of drug-likeness (QED) is 0.843. The van der Waals surface area contributed by atoms with Crippen molar-refractivity contribution in [3.8, 4) is 0 Å². The lowest BCUT2D eigenvalue weighted by atomic mass is 10.3. The third kappa shape index (κ3) is 3.41. The predicted octanol–water partition coefficient (Wildman–Crippen LogP) is 0.759. The van der Waals surface area contributed by atoms with Crippen LogP contribution in [0.15, 0.2) is 12.4 Å². The van der Waals surface area contributed by atoms with Crippen LogP contribution in [0.5, 0.6) is 0 Å². The van der Waals surface area contributed by atoms with Gasteiger partial charge >= 0.3 is 6.03 Å². The molecule has 22 heavy (non-hydrogen) atoms. The molecule has 1 aromatic heterocycles. The molecule has 0 spiro atoms. The second-order valence-corrected chi connectivity index (χ2v) is 5.47. The third-order valence-corrected chi connectivity index (χ3v) is 3.75. The molecule has 0 atom stereocenters. The van der Waals surface area contributed by atoms with Crippen molar-refractivity contribution in [2.75, 3.05) is 49.5 Å². The van der Waals surface area contributed by atoms with Crippen LogP contribution < -0.4 is 15.5 Å². The zero-order valence-corrected chi connectivity index (χ0v) is 12.1. The van der Waals surface area contributed by atoms with E-state index in [9.17, 15) is 13.6 Å². The summed E-state index contributed by atoms with van der Waals surface area (Å²) in [4.78, 5) is 23.5. The number of nitrogens with one attached hydrogen (secondary N) is 2. The number of carbonyl (C=O) groups is 1. The number of nitrogens with zero attached hydrogens (tertiary/aromatic N) is 4. The third-order valence-electron chi connectivity index (χ3n) is 3.75. The summed E-state index contributed by atoms with van der Waals surface area (Å²) in [7, 11) is 0. The number of anilines is 2. The minimum Gasteiger partial charge on any atom is -0.338 e. The van der Waals surface area contributed by atoms with Crippen LogP contribution in [0.1, 0.15) is 6.42 Å². The summed E-state index contributed by atoms with van der Waals surface area (Å²) in [5, 5.41) is 5.79. The lowest BCUT2D eigenvalue weighted by Crippen LogP contribution is -2.44.